The average Bonchev–Trinajstić information content (AvgIpc) is 2.48. The molecule has 0 fully saturated rings. The van der Waals surface area contributed by atoms with E-state index in [1.165, 1.54) is 24.3 Å². The number of unbranched alkanes of at least 4 members (excludes halogenated alkanes) is 2. The molecule has 0 aromatic heterocycles. The van der Waals surface area contributed by atoms with Gasteiger partial charge in [-0.25, -0.2) is 8.42 Å². The summed E-state index contributed by atoms with van der Waals surface area (Å²) in [5.41, 5.74) is 0. The number of nitrogens with one attached hydrogen (secondary N) is 1. The van der Waals surface area contributed by atoms with E-state index in [-0.39, 0.29) is 23.8 Å². The SMILES string of the molecule is CS(=O)(=O)c1ccc(OCC(=O)NCCCCCC(=O)O)cc1. The zero-order valence-electron chi connectivity index (χ0n) is 12.9. The van der Waals surface area contributed by atoms with E-state index in [2.05, 4.69) is 5.32 Å². The maximum absolute atomic E-state index is 11.6. The summed E-state index contributed by atoms with van der Waals surface area (Å²) in [6.45, 7) is 0.308. The topological polar surface area (TPSA) is 110 Å². The lowest BCUT2D eigenvalue weighted by atomic mass is 10.2. The van der Waals surface area contributed by atoms with Crippen molar-refractivity contribution in [3.05, 3.63) is 24.3 Å². The number of benzene rings is 1. The molecule has 0 saturated carbocycles. The number of carbonyl (C=O) groups is 2. The van der Waals surface area contributed by atoms with Crippen molar-refractivity contribution in [2.24, 2.45) is 0 Å². The molecule has 1 amide bonds. The average molecular weight is 343 g/mol. The Bertz CT molecular complexity index is 624. The number of hydrogen-bond donors (Lipinski definition) is 2. The Morgan fingerprint density at radius 2 is 1.78 bits per heavy atom. The zero-order chi connectivity index (χ0) is 17.3. The first-order valence-electron chi connectivity index (χ1n) is 7.20. The van der Waals surface area contributed by atoms with Gasteiger partial charge in [-0.1, -0.05) is 6.42 Å². The number of carboxylic acid groups (broad SMARTS) is 1. The predicted molar refractivity (Wildman–Crippen MR) is 84.2 cm³/mol. The lowest BCUT2D eigenvalue weighted by Crippen LogP contribution is -2.29. The summed E-state index contributed by atoms with van der Waals surface area (Å²) in [5, 5.41) is 11.1. The van der Waals surface area contributed by atoms with E-state index >= 15 is 0 Å². The van der Waals surface area contributed by atoms with Gasteiger partial charge < -0.3 is 15.2 Å². The number of aliphatic carboxylic acids is 1. The smallest absolute Gasteiger partial charge is 0.303 e. The van der Waals surface area contributed by atoms with Crippen LogP contribution < -0.4 is 10.1 Å². The van der Waals surface area contributed by atoms with Crippen LogP contribution in [0.25, 0.3) is 0 Å². The van der Waals surface area contributed by atoms with Crippen LogP contribution in [0.1, 0.15) is 25.7 Å². The molecule has 1 aromatic carbocycles. The van der Waals surface area contributed by atoms with Gasteiger partial charge in [-0.2, -0.15) is 0 Å². The molecule has 128 valence electrons. The van der Waals surface area contributed by atoms with Gasteiger partial charge in [0.15, 0.2) is 16.4 Å². The van der Waals surface area contributed by atoms with Crippen molar-refractivity contribution in [1.82, 2.24) is 5.32 Å². The summed E-state index contributed by atoms with van der Waals surface area (Å²) < 4.78 is 27.9. The Morgan fingerprint density at radius 3 is 2.35 bits per heavy atom. The van der Waals surface area contributed by atoms with E-state index in [9.17, 15) is 18.0 Å². The van der Waals surface area contributed by atoms with Crippen molar-refractivity contribution in [3.63, 3.8) is 0 Å². The Labute approximate surface area is 135 Å². The number of ether oxygens (including phenoxy) is 1. The largest absolute Gasteiger partial charge is 0.484 e. The summed E-state index contributed by atoms with van der Waals surface area (Å²) in [6, 6.07) is 5.83. The quantitative estimate of drug-likeness (QED) is 0.618. The highest BCUT2D eigenvalue weighted by atomic mass is 32.2. The zero-order valence-corrected chi connectivity index (χ0v) is 13.8. The molecule has 0 aliphatic rings. The summed E-state index contributed by atoms with van der Waals surface area (Å²) in [6.07, 6.45) is 3.30. The molecule has 0 unspecified atom stereocenters. The molecule has 0 saturated heterocycles. The summed E-state index contributed by atoms with van der Waals surface area (Å²) in [7, 11) is -3.25. The van der Waals surface area contributed by atoms with Crippen LogP contribution >= 0.6 is 0 Å². The molecular formula is C15H21NO6S. The van der Waals surface area contributed by atoms with Gasteiger partial charge in [0.25, 0.3) is 5.91 Å². The first-order valence-corrected chi connectivity index (χ1v) is 9.09. The fraction of sp³-hybridized carbons (Fsp3) is 0.467. The highest BCUT2D eigenvalue weighted by Gasteiger charge is 2.07. The molecule has 0 bridgehead atoms. The van der Waals surface area contributed by atoms with Crippen LogP contribution in [0.4, 0.5) is 0 Å². The van der Waals surface area contributed by atoms with Gasteiger partial charge in [0.2, 0.25) is 0 Å². The van der Waals surface area contributed by atoms with Gasteiger partial charge >= 0.3 is 5.97 Å². The van der Waals surface area contributed by atoms with Gasteiger partial charge in [0.1, 0.15) is 5.75 Å². The third-order valence-corrected chi connectivity index (χ3v) is 4.14. The number of carbonyl (C=O) groups excluding carboxylic acids is 1. The number of carboxylic acids is 1. The minimum atomic E-state index is -3.25. The summed E-state index contributed by atoms with van der Waals surface area (Å²) >= 11 is 0. The molecule has 2 N–H and O–H groups in total. The first-order chi connectivity index (χ1) is 10.8. The fourth-order valence-electron chi connectivity index (χ4n) is 1.79. The van der Waals surface area contributed by atoms with Crippen molar-refractivity contribution in [3.8, 4) is 5.75 Å². The van der Waals surface area contributed by atoms with Crippen LogP contribution in [0.15, 0.2) is 29.2 Å². The molecule has 0 radical (unpaired) electrons. The fourth-order valence-corrected chi connectivity index (χ4v) is 2.42. The van der Waals surface area contributed by atoms with Crippen molar-refractivity contribution in [2.75, 3.05) is 19.4 Å². The highest BCUT2D eigenvalue weighted by molar-refractivity contribution is 7.90. The van der Waals surface area contributed by atoms with Crippen molar-refractivity contribution < 1.29 is 27.9 Å². The maximum atomic E-state index is 11.6. The van der Waals surface area contributed by atoms with Crippen LogP contribution in [-0.4, -0.2) is 44.8 Å². The van der Waals surface area contributed by atoms with E-state index in [4.69, 9.17) is 9.84 Å². The minimum absolute atomic E-state index is 0.139. The second-order valence-corrected chi connectivity index (χ2v) is 7.10. The van der Waals surface area contributed by atoms with E-state index in [0.717, 1.165) is 12.7 Å². The highest BCUT2D eigenvalue weighted by Crippen LogP contribution is 2.15. The molecule has 0 heterocycles. The Morgan fingerprint density at radius 1 is 1.13 bits per heavy atom. The Balaban J connectivity index is 2.22. The monoisotopic (exact) mass is 343 g/mol. The standard InChI is InChI=1S/C15H21NO6S/c1-23(20,21)13-8-6-12(7-9-13)22-11-14(17)16-10-4-2-3-5-15(18)19/h6-9H,2-5,10-11H2,1H3,(H,16,17)(H,18,19). The van der Waals surface area contributed by atoms with Crippen LogP contribution in [0.5, 0.6) is 5.75 Å². The second-order valence-electron chi connectivity index (χ2n) is 5.09. The van der Waals surface area contributed by atoms with E-state index in [1.807, 2.05) is 0 Å². The molecule has 0 atom stereocenters. The molecule has 0 aliphatic heterocycles. The third-order valence-electron chi connectivity index (χ3n) is 3.01. The third kappa shape index (κ3) is 8.20. The molecule has 1 rings (SSSR count). The summed E-state index contributed by atoms with van der Waals surface area (Å²) in [5.74, 6) is -0.686. The van der Waals surface area contributed by atoms with Crippen LogP contribution in [0.3, 0.4) is 0 Å². The Hall–Kier alpha value is -2.09. The maximum Gasteiger partial charge on any atom is 0.303 e. The molecular weight excluding hydrogens is 322 g/mol. The van der Waals surface area contributed by atoms with Crippen molar-refractivity contribution in [1.29, 1.82) is 0 Å². The van der Waals surface area contributed by atoms with Gasteiger partial charge in [0, 0.05) is 19.2 Å². The van der Waals surface area contributed by atoms with E-state index in [0.29, 0.717) is 25.1 Å². The second kappa shape index (κ2) is 9.14. The van der Waals surface area contributed by atoms with E-state index in [1.54, 1.807) is 0 Å². The normalized spacial score (nSPS) is 11.0. The van der Waals surface area contributed by atoms with Gasteiger partial charge in [0.05, 0.1) is 4.90 Å². The predicted octanol–water partition coefficient (Wildman–Crippen LogP) is 1.23. The number of hydrogen-bond acceptors (Lipinski definition) is 5. The number of amides is 1. The molecule has 8 heteroatoms. The molecule has 0 aliphatic carbocycles. The lowest BCUT2D eigenvalue weighted by molar-refractivity contribution is -0.137. The van der Waals surface area contributed by atoms with Crippen molar-refractivity contribution in [2.45, 2.75) is 30.6 Å². The summed E-state index contributed by atoms with van der Waals surface area (Å²) in [4.78, 5) is 22.1. The molecule has 23 heavy (non-hydrogen) atoms. The first kappa shape index (κ1) is 19.0. The van der Waals surface area contributed by atoms with Gasteiger partial charge in [-0.15, -0.1) is 0 Å². The van der Waals surface area contributed by atoms with Crippen LogP contribution in [0, 0.1) is 0 Å². The lowest BCUT2D eigenvalue weighted by Gasteiger charge is -2.08. The molecule has 0 spiro atoms. The minimum Gasteiger partial charge on any atom is -0.484 e. The van der Waals surface area contributed by atoms with Gasteiger partial charge in [-0.05, 0) is 37.1 Å². The van der Waals surface area contributed by atoms with E-state index < -0.39 is 15.8 Å². The van der Waals surface area contributed by atoms with Crippen molar-refractivity contribution >= 4 is 21.7 Å². The van der Waals surface area contributed by atoms with Gasteiger partial charge in [-0.3, -0.25) is 9.59 Å². The number of sulfone groups is 1. The Kier molecular flexibility index (Phi) is 7.53. The molecule has 1 aromatic rings. The van der Waals surface area contributed by atoms with Crippen LogP contribution in [-0.2, 0) is 19.4 Å². The van der Waals surface area contributed by atoms with Crippen LogP contribution in [0.2, 0.25) is 0 Å². The number of rotatable bonds is 10. The molecule has 7 nitrogen and oxygen atoms in total.